The zero-order valence-corrected chi connectivity index (χ0v) is 19.5. The zero-order valence-electron chi connectivity index (χ0n) is 19.5. The standard InChI is InChI=1S/C26H27N7O/c1-5-17(14-23(27-2)32-24(34)7-6-12-33(3)4)18-13-21-22(16-31-26(21)30-15-18)19-8-10-28-25-20(19)9-11-29-25/h5-11,13-16H,2,12H2,1,3-4H3,(H,28,29)(H,30,31)(H,32,34)/b7-6+,17-5+,23-14+. The Morgan fingerprint density at radius 1 is 1.18 bits per heavy atom. The van der Waals surface area contributed by atoms with Crippen LogP contribution in [0.5, 0.6) is 0 Å². The molecular weight excluding hydrogens is 426 g/mol. The van der Waals surface area contributed by atoms with Crippen LogP contribution in [-0.4, -0.2) is 58.1 Å². The second-order valence-corrected chi connectivity index (χ2v) is 8.01. The van der Waals surface area contributed by atoms with Crippen LogP contribution >= 0.6 is 0 Å². The molecule has 172 valence electrons. The lowest BCUT2D eigenvalue weighted by Gasteiger charge is -2.08. The van der Waals surface area contributed by atoms with Crippen LogP contribution < -0.4 is 5.32 Å². The molecule has 0 bridgehead atoms. The van der Waals surface area contributed by atoms with E-state index in [1.807, 2.05) is 56.5 Å². The molecule has 8 heteroatoms. The summed E-state index contributed by atoms with van der Waals surface area (Å²) in [6.45, 7) is 6.20. The van der Waals surface area contributed by atoms with Gasteiger partial charge in [0.25, 0.3) is 0 Å². The van der Waals surface area contributed by atoms with E-state index in [1.165, 1.54) is 6.08 Å². The fourth-order valence-corrected chi connectivity index (χ4v) is 3.72. The van der Waals surface area contributed by atoms with E-state index in [0.717, 1.165) is 44.3 Å². The molecule has 4 aromatic rings. The summed E-state index contributed by atoms with van der Waals surface area (Å²) in [6.07, 6.45) is 14.5. The van der Waals surface area contributed by atoms with E-state index >= 15 is 0 Å². The van der Waals surface area contributed by atoms with E-state index in [-0.39, 0.29) is 5.91 Å². The molecule has 0 aliphatic carbocycles. The number of H-pyrrole nitrogens is 2. The highest BCUT2D eigenvalue weighted by Crippen LogP contribution is 2.33. The van der Waals surface area contributed by atoms with Gasteiger partial charge in [-0.25, -0.2) is 15.0 Å². The van der Waals surface area contributed by atoms with Crippen molar-refractivity contribution in [2.45, 2.75) is 6.92 Å². The minimum atomic E-state index is -0.259. The number of hydrogen-bond acceptors (Lipinski definition) is 5. The predicted molar refractivity (Wildman–Crippen MR) is 138 cm³/mol. The second-order valence-electron chi connectivity index (χ2n) is 8.01. The van der Waals surface area contributed by atoms with Gasteiger partial charge in [0, 0.05) is 59.3 Å². The maximum atomic E-state index is 12.2. The average Bonchev–Trinajstić information content (AvgIpc) is 3.48. The molecule has 8 nitrogen and oxygen atoms in total. The van der Waals surface area contributed by atoms with Crippen molar-refractivity contribution in [1.29, 1.82) is 0 Å². The smallest absolute Gasteiger partial charge is 0.249 e. The van der Waals surface area contributed by atoms with E-state index in [0.29, 0.717) is 12.4 Å². The third kappa shape index (κ3) is 4.87. The Labute approximate surface area is 197 Å². The molecule has 1 amide bonds. The largest absolute Gasteiger partial charge is 0.346 e. The lowest BCUT2D eigenvalue weighted by Crippen LogP contribution is -2.20. The van der Waals surface area contributed by atoms with Crippen molar-refractivity contribution in [3.05, 3.63) is 78.7 Å². The first-order valence-electron chi connectivity index (χ1n) is 10.9. The van der Waals surface area contributed by atoms with Gasteiger partial charge in [0.1, 0.15) is 17.1 Å². The van der Waals surface area contributed by atoms with Crippen LogP contribution in [0.3, 0.4) is 0 Å². The molecule has 0 spiro atoms. The Morgan fingerprint density at radius 2 is 2.00 bits per heavy atom. The third-order valence-electron chi connectivity index (χ3n) is 5.38. The second kappa shape index (κ2) is 10.1. The molecule has 0 radical (unpaired) electrons. The van der Waals surface area contributed by atoms with Crippen molar-refractivity contribution in [2.24, 2.45) is 4.99 Å². The fraction of sp³-hybridized carbons (Fsp3) is 0.154. The highest BCUT2D eigenvalue weighted by Gasteiger charge is 2.13. The summed E-state index contributed by atoms with van der Waals surface area (Å²) < 4.78 is 0. The Hall–Kier alpha value is -4.30. The third-order valence-corrected chi connectivity index (χ3v) is 5.38. The summed E-state index contributed by atoms with van der Waals surface area (Å²) in [5.74, 6) is 0.107. The molecule has 0 atom stereocenters. The van der Waals surface area contributed by atoms with Crippen molar-refractivity contribution < 1.29 is 4.79 Å². The van der Waals surface area contributed by atoms with Crippen LogP contribution in [0.25, 0.3) is 38.8 Å². The first-order valence-corrected chi connectivity index (χ1v) is 10.9. The average molecular weight is 454 g/mol. The highest BCUT2D eigenvalue weighted by molar-refractivity contribution is 6.03. The molecule has 0 saturated heterocycles. The molecule has 0 aliphatic rings. The lowest BCUT2D eigenvalue weighted by atomic mass is 10.0. The Morgan fingerprint density at radius 3 is 2.76 bits per heavy atom. The number of allylic oxidation sites excluding steroid dienone is 3. The summed E-state index contributed by atoms with van der Waals surface area (Å²) >= 11 is 0. The molecule has 0 fully saturated rings. The van der Waals surface area contributed by atoms with Crippen molar-refractivity contribution in [3.63, 3.8) is 0 Å². The maximum absolute atomic E-state index is 12.2. The van der Waals surface area contributed by atoms with Crippen molar-refractivity contribution in [1.82, 2.24) is 30.2 Å². The number of nitrogens with zero attached hydrogens (tertiary/aromatic N) is 4. The number of nitrogens with one attached hydrogen (secondary N) is 3. The molecule has 0 aliphatic heterocycles. The maximum Gasteiger partial charge on any atom is 0.249 e. The van der Waals surface area contributed by atoms with E-state index < -0.39 is 0 Å². The molecule has 0 saturated carbocycles. The number of hydrogen-bond donors (Lipinski definition) is 3. The van der Waals surface area contributed by atoms with Crippen LogP contribution in [0.2, 0.25) is 0 Å². The molecule has 4 aromatic heterocycles. The first kappa shape index (κ1) is 22.9. The van der Waals surface area contributed by atoms with Gasteiger partial charge in [0.2, 0.25) is 5.91 Å². The highest BCUT2D eigenvalue weighted by atomic mass is 16.1. The number of pyridine rings is 2. The number of aromatic nitrogens is 4. The van der Waals surface area contributed by atoms with Crippen LogP contribution in [0, 0.1) is 0 Å². The number of rotatable bonds is 8. The van der Waals surface area contributed by atoms with Gasteiger partial charge in [-0.15, -0.1) is 0 Å². The van der Waals surface area contributed by atoms with Gasteiger partial charge in [-0.1, -0.05) is 12.2 Å². The number of amides is 1. The van der Waals surface area contributed by atoms with E-state index in [9.17, 15) is 4.79 Å². The monoisotopic (exact) mass is 453 g/mol. The quantitative estimate of drug-likeness (QED) is 0.210. The Balaban J connectivity index is 1.66. The minimum absolute atomic E-state index is 0.259. The van der Waals surface area contributed by atoms with E-state index in [4.69, 9.17) is 0 Å². The topological polar surface area (TPSA) is 102 Å². The van der Waals surface area contributed by atoms with Gasteiger partial charge in [-0.2, -0.15) is 0 Å². The van der Waals surface area contributed by atoms with Crippen molar-refractivity contribution in [3.8, 4) is 11.1 Å². The zero-order chi connectivity index (χ0) is 24.1. The van der Waals surface area contributed by atoms with Gasteiger partial charge in [-0.3, -0.25) is 4.79 Å². The lowest BCUT2D eigenvalue weighted by molar-refractivity contribution is -0.115. The van der Waals surface area contributed by atoms with Gasteiger partial charge in [0.15, 0.2) is 0 Å². The summed E-state index contributed by atoms with van der Waals surface area (Å²) in [5, 5.41) is 4.80. The van der Waals surface area contributed by atoms with Crippen LogP contribution in [-0.2, 0) is 4.79 Å². The van der Waals surface area contributed by atoms with Crippen LogP contribution in [0.1, 0.15) is 12.5 Å². The normalized spacial score (nSPS) is 12.8. The first-order chi connectivity index (χ1) is 16.5. The van der Waals surface area contributed by atoms with Crippen LogP contribution in [0.4, 0.5) is 0 Å². The summed E-state index contributed by atoms with van der Waals surface area (Å²) in [7, 11) is 3.88. The Bertz CT molecular complexity index is 1440. The number of likely N-dealkylation sites (N-methyl/N-ethyl adjacent to an activating group) is 1. The molecule has 3 N–H and O–H groups in total. The molecule has 0 unspecified atom stereocenters. The van der Waals surface area contributed by atoms with E-state index in [1.54, 1.807) is 24.5 Å². The van der Waals surface area contributed by atoms with Gasteiger partial charge >= 0.3 is 0 Å². The molecular formula is C26H27N7O. The van der Waals surface area contributed by atoms with Crippen molar-refractivity contribution >= 4 is 40.3 Å². The molecule has 34 heavy (non-hydrogen) atoms. The SMILES string of the molecule is C=N/C(=C\C(=C/C)c1cnc2[nH]cc(-c3ccnc4[nH]ccc34)c2c1)NC(=O)/C=C/CN(C)C. The summed E-state index contributed by atoms with van der Waals surface area (Å²) in [4.78, 5) is 33.6. The number of aliphatic imine (C=N–C) groups is 1. The van der Waals surface area contributed by atoms with Gasteiger partial charge in [-0.05, 0) is 63.1 Å². The van der Waals surface area contributed by atoms with Gasteiger partial charge in [0.05, 0.1) is 0 Å². The van der Waals surface area contributed by atoms with E-state index in [2.05, 4.69) is 43.0 Å². The van der Waals surface area contributed by atoms with Gasteiger partial charge < -0.3 is 20.2 Å². The summed E-state index contributed by atoms with van der Waals surface area (Å²) in [6, 6.07) is 6.10. The number of carbonyl (C=O) groups is 1. The Kier molecular flexibility index (Phi) is 6.79. The summed E-state index contributed by atoms with van der Waals surface area (Å²) in [5.41, 5.74) is 5.50. The molecule has 0 aromatic carbocycles. The molecule has 4 rings (SSSR count). The predicted octanol–water partition coefficient (Wildman–Crippen LogP) is 4.29. The molecule has 4 heterocycles. The number of carbonyl (C=O) groups excluding carboxylic acids is 1. The van der Waals surface area contributed by atoms with Crippen LogP contribution in [0.15, 0.2) is 78.1 Å². The minimum Gasteiger partial charge on any atom is -0.346 e. The number of aromatic amines is 2. The number of fused-ring (bicyclic) bond motifs is 2. The van der Waals surface area contributed by atoms with Crippen molar-refractivity contribution in [2.75, 3.05) is 20.6 Å². The fourth-order valence-electron chi connectivity index (χ4n) is 3.72.